The number of hydrogen-bond acceptors (Lipinski definition) is 4. The lowest BCUT2D eigenvalue weighted by atomic mass is 10.1. The molecule has 5 nitrogen and oxygen atoms in total. The Labute approximate surface area is 122 Å². The molecule has 0 atom stereocenters. The number of phenolic OH excluding ortho intramolecular Hbond substituents is 1. The molecule has 0 aliphatic carbocycles. The first kappa shape index (κ1) is 14.4. The molecule has 0 bridgehead atoms. The summed E-state index contributed by atoms with van der Waals surface area (Å²) in [6.07, 6.45) is 0. The zero-order chi connectivity index (χ0) is 15.4. The van der Waals surface area contributed by atoms with Crippen LogP contribution in [0.15, 0.2) is 42.5 Å². The van der Waals surface area contributed by atoms with Gasteiger partial charge in [0.15, 0.2) is 0 Å². The number of nitriles is 1. The van der Waals surface area contributed by atoms with E-state index in [0.717, 1.165) is 5.56 Å². The van der Waals surface area contributed by atoms with Gasteiger partial charge in [-0.3, -0.25) is 4.79 Å². The minimum atomic E-state index is -0.286. The van der Waals surface area contributed by atoms with Gasteiger partial charge in [-0.2, -0.15) is 5.26 Å². The molecule has 0 saturated carbocycles. The van der Waals surface area contributed by atoms with Gasteiger partial charge in [-0.25, -0.2) is 0 Å². The third-order valence-electron chi connectivity index (χ3n) is 3.09. The van der Waals surface area contributed by atoms with Crippen LogP contribution >= 0.6 is 0 Å². The number of rotatable bonds is 3. The van der Waals surface area contributed by atoms with Crippen LogP contribution in [0.25, 0.3) is 0 Å². The van der Waals surface area contributed by atoms with Crippen LogP contribution in [0, 0.1) is 11.3 Å². The number of nitrogens with two attached hydrogens (primary N) is 1. The van der Waals surface area contributed by atoms with Crippen molar-refractivity contribution in [1.82, 2.24) is 4.90 Å². The predicted octanol–water partition coefficient (Wildman–Crippen LogP) is 2.12. The van der Waals surface area contributed by atoms with Crippen LogP contribution in [0.4, 0.5) is 5.69 Å². The topological polar surface area (TPSA) is 90.3 Å². The normalized spacial score (nSPS) is 9.90. The number of benzene rings is 2. The molecule has 0 aliphatic heterocycles. The van der Waals surface area contributed by atoms with Gasteiger partial charge in [0.05, 0.1) is 17.2 Å². The molecule has 0 fully saturated rings. The molecule has 2 rings (SSSR count). The van der Waals surface area contributed by atoms with Crippen molar-refractivity contribution in [3.8, 4) is 11.8 Å². The molecule has 0 unspecified atom stereocenters. The average Bonchev–Trinajstić information content (AvgIpc) is 2.49. The first-order chi connectivity index (χ1) is 10.0. The van der Waals surface area contributed by atoms with E-state index in [-0.39, 0.29) is 17.2 Å². The highest BCUT2D eigenvalue weighted by atomic mass is 16.3. The number of carbonyl (C=O) groups is 1. The Morgan fingerprint density at radius 3 is 2.81 bits per heavy atom. The fourth-order valence-electron chi connectivity index (χ4n) is 2.02. The second-order valence-corrected chi connectivity index (χ2v) is 4.74. The molecule has 2 aromatic rings. The van der Waals surface area contributed by atoms with E-state index >= 15 is 0 Å². The van der Waals surface area contributed by atoms with Gasteiger partial charge in [0.2, 0.25) is 0 Å². The Kier molecular flexibility index (Phi) is 4.10. The van der Waals surface area contributed by atoms with E-state index in [1.165, 1.54) is 23.1 Å². The summed E-state index contributed by atoms with van der Waals surface area (Å²) in [6.45, 7) is 0.351. The number of carbonyl (C=O) groups excluding carboxylic acids is 1. The number of phenols is 1. The van der Waals surface area contributed by atoms with Crippen molar-refractivity contribution >= 4 is 11.6 Å². The molecule has 1 amide bonds. The monoisotopic (exact) mass is 281 g/mol. The number of nitrogen functional groups attached to an aromatic ring is 1. The van der Waals surface area contributed by atoms with Crippen molar-refractivity contribution in [2.24, 2.45) is 0 Å². The quantitative estimate of drug-likeness (QED) is 0.666. The molecule has 21 heavy (non-hydrogen) atoms. The van der Waals surface area contributed by atoms with Gasteiger partial charge in [0.1, 0.15) is 5.75 Å². The molecular weight excluding hydrogens is 266 g/mol. The van der Waals surface area contributed by atoms with E-state index in [4.69, 9.17) is 11.0 Å². The van der Waals surface area contributed by atoms with E-state index < -0.39 is 0 Å². The molecule has 0 heterocycles. The third-order valence-corrected chi connectivity index (χ3v) is 3.09. The zero-order valence-electron chi connectivity index (χ0n) is 11.6. The Morgan fingerprint density at radius 1 is 1.33 bits per heavy atom. The Hall–Kier alpha value is -3.00. The van der Waals surface area contributed by atoms with Crippen LogP contribution in [-0.2, 0) is 6.54 Å². The second kappa shape index (κ2) is 5.97. The van der Waals surface area contributed by atoms with Gasteiger partial charge in [-0.1, -0.05) is 12.1 Å². The van der Waals surface area contributed by atoms with Crippen LogP contribution in [0.3, 0.4) is 0 Å². The predicted molar refractivity (Wildman–Crippen MR) is 79.5 cm³/mol. The van der Waals surface area contributed by atoms with Crippen LogP contribution in [0.5, 0.6) is 5.75 Å². The van der Waals surface area contributed by atoms with Crippen molar-refractivity contribution in [3.05, 3.63) is 59.2 Å². The van der Waals surface area contributed by atoms with Crippen LogP contribution in [-0.4, -0.2) is 23.0 Å². The summed E-state index contributed by atoms with van der Waals surface area (Å²) in [5.74, 6) is -0.293. The summed E-state index contributed by atoms with van der Waals surface area (Å²) in [5.41, 5.74) is 7.74. The Morgan fingerprint density at radius 2 is 2.10 bits per heavy atom. The number of anilines is 1. The third kappa shape index (κ3) is 3.31. The van der Waals surface area contributed by atoms with Crippen LogP contribution < -0.4 is 5.73 Å². The largest absolute Gasteiger partial charge is 0.508 e. The molecule has 0 saturated heterocycles. The number of nitrogens with zero attached hydrogens (tertiary/aromatic N) is 2. The van der Waals surface area contributed by atoms with Gasteiger partial charge in [-0.15, -0.1) is 0 Å². The van der Waals surface area contributed by atoms with Crippen molar-refractivity contribution in [2.45, 2.75) is 6.54 Å². The molecular formula is C16H15N3O2. The SMILES string of the molecule is CN(Cc1cccc(C#N)c1)C(=O)c1cc(O)ccc1N. The average molecular weight is 281 g/mol. The first-order valence-electron chi connectivity index (χ1n) is 6.34. The maximum atomic E-state index is 12.3. The molecule has 0 radical (unpaired) electrons. The number of amides is 1. The molecule has 2 aromatic carbocycles. The fourth-order valence-corrected chi connectivity index (χ4v) is 2.02. The second-order valence-electron chi connectivity index (χ2n) is 4.74. The first-order valence-corrected chi connectivity index (χ1v) is 6.34. The van der Waals surface area contributed by atoms with Crippen molar-refractivity contribution < 1.29 is 9.90 Å². The number of aromatic hydroxyl groups is 1. The Bertz CT molecular complexity index is 720. The van der Waals surface area contributed by atoms with Crippen LogP contribution in [0.2, 0.25) is 0 Å². The van der Waals surface area contributed by atoms with E-state index in [1.807, 2.05) is 6.07 Å². The molecule has 5 heteroatoms. The summed E-state index contributed by atoms with van der Waals surface area (Å²) in [5, 5.41) is 18.3. The van der Waals surface area contributed by atoms with Gasteiger partial charge >= 0.3 is 0 Å². The minimum absolute atomic E-state index is 0.00701. The highest BCUT2D eigenvalue weighted by Crippen LogP contribution is 2.20. The van der Waals surface area contributed by atoms with E-state index in [1.54, 1.807) is 25.2 Å². The van der Waals surface area contributed by atoms with Crippen molar-refractivity contribution in [1.29, 1.82) is 5.26 Å². The minimum Gasteiger partial charge on any atom is -0.508 e. The molecule has 0 spiro atoms. The van der Waals surface area contributed by atoms with E-state index in [0.29, 0.717) is 17.8 Å². The smallest absolute Gasteiger partial charge is 0.256 e. The van der Waals surface area contributed by atoms with E-state index in [9.17, 15) is 9.90 Å². The maximum Gasteiger partial charge on any atom is 0.256 e. The van der Waals surface area contributed by atoms with Gasteiger partial charge in [0, 0.05) is 19.3 Å². The lowest BCUT2D eigenvalue weighted by Crippen LogP contribution is -2.27. The zero-order valence-corrected chi connectivity index (χ0v) is 11.6. The molecule has 3 N–H and O–H groups in total. The number of hydrogen-bond donors (Lipinski definition) is 2. The summed E-state index contributed by atoms with van der Waals surface area (Å²) < 4.78 is 0. The summed E-state index contributed by atoms with van der Waals surface area (Å²) in [6, 6.07) is 13.4. The molecule has 0 aliphatic rings. The van der Waals surface area contributed by atoms with Crippen molar-refractivity contribution in [3.63, 3.8) is 0 Å². The van der Waals surface area contributed by atoms with Gasteiger partial charge < -0.3 is 15.7 Å². The lowest BCUT2D eigenvalue weighted by Gasteiger charge is -2.18. The van der Waals surface area contributed by atoms with Crippen LogP contribution in [0.1, 0.15) is 21.5 Å². The maximum absolute atomic E-state index is 12.3. The standard InChI is InChI=1S/C16H15N3O2/c1-19(10-12-4-2-3-11(7-12)9-17)16(21)14-8-13(20)5-6-15(14)18/h2-8,20H,10,18H2,1H3. The fraction of sp³-hybridized carbons (Fsp3) is 0.125. The highest BCUT2D eigenvalue weighted by Gasteiger charge is 2.15. The highest BCUT2D eigenvalue weighted by molar-refractivity contribution is 5.99. The summed E-state index contributed by atoms with van der Waals surface area (Å²) >= 11 is 0. The summed E-state index contributed by atoms with van der Waals surface area (Å²) in [7, 11) is 1.64. The summed E-state index contributed by atoms with van der Waals surface area (Å²) in [4.78, 5) is 13.8. The van der Waals surface area contributed by atoms with Gasteiger partial charge in [0.25, 0.3) is 5.91 Å². The van der Waals surface area contributed by atoms with Gasteiger partial charge in [-0.05, 0) is 35.9 Å². The van der Waals surface area contributed by atoms with Crippen molar-refractivity contribution in [2.75, 3.05) is 12.8 Å². The lowest BCUT2D eigenvalue weighted by molar-refractivity contribution is 0.0785. The molecule has 106 valence electrons. The van der Waals surface area contributed by atoms with E-state index in [2.05, 4.69) is 6.07 Å². The Balaban J connectivity index is 2.19. The molecule has 0 aromatic heterocycles.